The molecule has 2 aliphatic heterocycles. The predicted octanol–water partition coefficient (Wildman–Crippen LogP) is 4.53. The molecule has 0 bridgehead atoms. The Hall–Kier alpha value is -1.65. The second-order valence-electron chi connectivity index (χ2n) is 9.55. The second-order valence-corrected chi connectivity index (χ2v) is 9.55. The zero-order valence-electron chi connectivity index (χ0n) is 17.4. The van der Waals surface area contributed by atoms with Crippen molar-refractivity contribution in [1.82, 2.24) is 15.0 Å². The Morgan fingerprint density at radius 1 is 1.11 bits per heavy atom. The summed E-state index contributed by atoms with van der Waals surface area (Å²) in [5, 5.41) is 4.14. The fraction of sp³-hybridized carbons (Fsp3) is 0.625. The molecule has 1 saturated carbocycles. The maximum atomic E-state index is 5.37. The summed E-state index contributed by atoms with van der Waals surface area (Å²) in [6.07, 6.45) is 6.83. The van der Waals surface area contributed by atoms with E-state index in [0.717, 1.165) is 24.0 Å². The molecule has 0 N–H and O–H groups in total. The van der Waals surface area contributed by atoms with Crippen LogP contribution in [-0.2, 0) is 6.54 Å². The zero-order chi connectivity index (χ0) is 19.1. The van der Waals surface area contributed by atoms with Gasteiger partial charge in [-0.1, -0.05) is 35.5 Å². The van der Waals surface area contributed by atoms with Crippen molar-refractivity contribution >= 4 is 0 Å². The Morgan fingerprint density at radius 3 is 2.50 bits per heavy atom. The molecule has 3 heterocycles. The van der Waals surface area contributed by atoms with E-state index in [0.29, 0.717) is 11.3 Å². The molecule has 2 aromatic rings. The molecule has 1 aromatic carbocycles. The summed E-state index contributed by atoms with van der Waals surface area (Å²) < 4.78 is 5.37. The van der Waals surface area contributed by atoms with Gasteiger partial charge in [0.1, 0.15) is 5.76 Å². The minimum Gasteiger partial charge on any atom is -0.361 e. The summed E-state index contributed by atoms with van der Waals surface area (Å²) in [4.78, 5) is 5.45. The number of nitrogens with zero attached hydrogens (tertiary/aromatic N) is 3. The summed E-state index contributed by atoms with van der Waals surface area (Å²) in [6, 6.07) is 12.1. The molecule has 1 aromatic heterocycles. The number of benzene rings is 1. The van der Waals surface area contributed by atoms with Crippen LogP contribution in [0.2, 0.25) is 0 Å². The van der Waals surface area contributed by atoms with Crippen LogP contribution in [0.25, 0.3) is 0 Å². The fourth-order valence-corrected chi connectivity index (χ4v) is 5.60. The van der Waals surface area contributed by atoms with Crippen LogP contribution in [0.4, 0.5) is 0 Å². The first-order valence-corrected chi connectivity index (χ1v) is 11.0. The van der Waals surface area contributed by atoms with Crippen molar-refractivity contribution in [2.75, 3.05) is 26.2 Å². The average molecular weight is 380 g/mol. The lowest BCUT2D eigenvalue weighted by Gasteiger charge is -2.50. The van der Waals surface area contributed by atoms with Gasteiger partial charge in [-0.05, 0) is 75.9 Å². The Morgan fingerprint density at radius 2 is 1.86 bits per heavy atom. The van der Waals surface area contributed by atoms with E-state index in [1.54, 1.807) is 5.56 Å². The first kappa shape index (κ1) is 18.4. The van der Waals surface area contributed by atoms with Crippen molar-refractivity contribution in [2.45, 2.75) is 64.5 Å². The van der Waals surface area contributed by atoms with Crippen LogP contribution in [-0.4, -0.2) is 47.2 Å². The number of hydrogen-bond donors (Lipinski definition) is 0. The Labute approximate surface area is 168 Å². The third-order valence-electron chi connectivity index (χ3n) is 7.49. The summed E-state index contributed by atoms with van der Waals surface area (Å²) in [5.41, 5.74) is 4.39. The van der Waals surface area contributed by atoms with Gasteiger partial charge in [0.05, 0.1) is 5.69 Å². The van der Waals surface area contributed by atoms with E-state index in [1.165, 1.54) is 63.8 Å². The van der Waals surface area contributed by atoms with Crippen LogP contribution in [0.3, 0.4) is 0 Å². The maximum Gasteiger partial charge on any atom is 0.138 e. The van der Waals surface area contributed by atoms with Crippen LogP contribution < -0.4 is 0 Å². The number of aromatic nitrogens is 1. The minimum absolute atomic E-state index is 0.497. The Kier molecular flexibility index (Phi) is 4.80. The Balaban J connectivity index is 1.29. The lowest BCUT2D eigenvalue weighted by atomic mass is 9.68. The minimum atomic E-state index is 0.497. The van der Waals surface area contributed by atoms with Gasteiger partial charge >= 0.3 is 0 Å². The normalized spacial score (nSPS) is 26.0. The van der Waals surface area contributed by atoms with E-state index in [-0.39, 0.29) is 0 Å². The quantitative estimate of drug-likeness (QED) is 0.781. The number of piperidine rings is 2. The van der Waals surface area contributed by atoms with Crippen molar-refractivity contribution in [3.8, 4) is 0 Å². The van der Waals surface area contributed by atoms with Gasteiger partial charge in [-0.2, -0.15) is 0 Å². The third kappa shape index (κ3) is 3.65. The SMILES string of the molecule is Cc1noc(C)c1CN1CCC2(CC1)C[C@@H](c1ccccc1)CN(C1CC1)C2. The third-order valence-corrected chi connectivity index (χ3v) is 7.49. The van der Waals surface area contributed by atoms with Gasteiger partial charge in [0, 0.05) is 31.2 Å². The molecule has 3 aliphatic rings. The highest BCUT2D eigenvalue weighted by Crippen LogP contribution is 2.47. The van der Waals surface area contributed by atoms with Crippen LogP contribution in [0.15, 0.2) is 34.9 Å². The fourth-order valence-electron chi connectivity index (χ4n) is 5.60. The summed E-state index contributed by atoms with van der Waals surface area (Å²) in [6.45, 7) is 10.1. The van der Waals surface area contributed by atoms with E-state index >= 15 is 0 Å². The first-order valence-electron chi connectivity index (χ1n) is 11.0. The largest absolute Gasteiger partial charge is 0.361 e. The number of likely N-dealkylation sites (tertiary alicyclic amines) is 2. The van der Waals surface area contributed by atoms with Gasteiger partial charge in [0.15, 0.2) is 0 Å². The molecule has 0 unspecified atom stereocenters. The van der Waals surface area contributed by atoms with Crippen LogP contribution in [0.1, 0.15) is 60.6 Å². The van der Waals surface area contributed by atoms with E-state index in [9.17, 15) is 0 Å². The number of aryl methyl sites for hydroxylation is 2. The zero-order valence-corrected chi connectivity index (χ0v) is 17.4. The highest BCUT2D eigenvalue weighted by Gasteiger charge is 2.45. The average Bonchev–Trinajstić information content (AvgIpc) is 3.53. The second kappa shape index (κ2) is 7.31. The molecule has 2 saturated heterocycles. The molecule has 4 heteroatoms. The molecular formula is C24H33N3O. The van der Waals surface area contributed by atoms with E-state index < -0.39 is 0 Å². The molecule has 1 aliphatic carbocycles. The van der Waals surface area contributed by atoms with Gasteiger partial charge in [-0.25, -0.2) is 0 Å². The molecule has 28 heavy (non-hydrogen) atoms. The van der Waals surface area contributed by atoms with Crippen molar-refractivity contribution in [3.63, 3.8) is 0 Å². The van der Waals surface area contributed by atoms with E-state index in [4.69, 9.17) is 4.52 Å². The molecule has 3 fully saturated rings. The lowest BCUT2D eigenvalue weighted by molar-refractivity contribution is 0.00819. The van der Waals surface area contributed by atoms with Crippen molar-refractivity contribution in [2.24, 2.45) is 5.41 Å². The molecule has 5 rings (SSSR count). The number of hydrogen-bond acceptors (Lipinski definition) is 4. The molecular weight excluding hydrogens is 346 g/mol. The van der Waals surface area contributed by atoms with E-state index in [1.807, 2.05) is 6.92 Å². The lowest BCUT2D eigenvalue weighted by Crippen LogP contribution is -2.52. The highest BCUT2D eigenvalue weighted by molar-refractivity contribution is 5.23. The molecule has 0 radical (unpaired) electrons. The standard InChI is InChI=1S/C24H33N3O/c1-18-23(19(2)28-25-18)16-26-12-10-24(11-13-26)14-21(20-6-4-3-5-7-20)15-27(17-24)22-8-9-22/h3-7,21-22H,8-17H2,1-2H3/t21-/m1/s1. The predicted molar refractivity (Wildman–Crippen MR) is 111 cm³/mol. The highest BCUT2D eigenvalue weighted by atomic mass is 16.5. The van der Waals surface area contributed by atoms with Crippen LogP contribution in [0.5, 0.6) is 0 Å². The summed E-state index contributed by atoms with van der Waals surface area (Å²) in [5.74, 6) is 1.68. The monoisotopic (exact) mass is 379 g/mol. The summed E-state index contributed by atoms with van der Waals surface area (Å²) >= 11 is 0. The number of rotatable bonds is 4. The topological polar surface area (TPSA) is 32.5 Å². The molecule has 1 spiro atoms. The molecule has 150 valence electrons. The van der Waals surface area contributed by atoms with Crippen LogP contribution >= 0.6 is 0 Å². The summed E-state index contributed by atoms with van der Waals surface area (Å²) in [7, 11) is 0. The molecule has 1 atom stereocenters. The smallest absolute Gasteiger partial charge is 0.138 e. The van der Waals surface area contributed by atoms with Gasteiger partial charge < -0.3 is 4.52 Å². The van der Waals surface area contributed by atoms with Gasteiger partial charge in [-0.15, -0.1) is 0 Å². The van der Waals surface area contributed by atoms with Crippen molar-refractivity contribution in [3.05, 3.63) is 52.9 Å². The van der Waals surface area contributed by atoms with Crippen molar-refractivity contribution in [1.29, 1.82) is 0 Å². The Bertz CT molecular complexity index is 783. The maximum absolute atomic E-state index is 5.37. The van der Waals surface area contributed by atoms with Gasteiger partial charge in [0.25, 0.3) is 0 Å². The van der Waals surface area contributed by atoms with E-state index in [2.05, 4.69) is 52.2 Å². The van der Waals surface area contributed by atoms with Gasteiger partial charge in [-0.3, -0.25) is 9.80 Å². The first-order chi connectivity index (χ1) is 13.6. The molecule has 4 nitrogen and oxygen atoms in total. The van der Waals surface area contributed by atoms with Gasteiger partial charge in [0.2, 0.25) is 0 Å². The van der Waals surface area contributed by atoms with Crippen LogP contribution in [0, 0.1) is 19.3 Å². The molecule has 0 amide bonds. The van der Waals surface area contributed by atoms with Crippen molar-refractivity contribution < 1.29 is 4.52 Å².